The van der Waals surface area contributed by atoms with Gasteiger partial charge in [-0.2, -0.15) is 0 Å². The van der Waals surface area contributed by atoms with Crippen LogP contribution in [0.1, 0.15) is 13.3 Å². The van der Waals surface area contributed by atoms with Gasteiger partial charge in [-0.1, -0.05) is 0 Å². The van der Waals surface area contributed by atoms with Crippen molar-refractivity contribution in [1.29, 1.82) is 0 Å². The van der Waals surface area contributed by atoms with Crippen LogP contribution in [0.25, 0.3) is 0 Å². The molecule has 2 fully saturated rings. The molecule has 2 atom stereocenters. The maximum Gasteiger partial charge on any atom is 0.0233 e. The molecule has 3 heteroatoms. The Morgan fingerprint density at radius 3 is 2.77 bits per heavy atom. The van der Waals surface area contributed by atoms with Crippen LogP contribution < -0.4 is 5.32 Å². The molecule has 3 nitrogen and oxygen atoms in total. The second-order valence-corrected chi connectivity index (χ2v) is 4.47. The number of likely N-dealkylation sites (N-methyl/N-ethyl adjacent to an activating group) is 1. The van der Waals surface area contributed by atoms with Gasteiger partial charge in [-0.15, -0.1) is 0 Å². The van der Waals surface area contributed by atoms with E-state index in [1.54, 1.807) is 0 Å². The maximum absolute atomic E-state index is 3.44. The molecule has 1 unspecified atom stereocenters. The normalized spacial score (nSPS) is 38.3. The van der Waals surface area contributed by atoms with Crippen LogP contribution in [-0.2, 0) is 0 Å². The highest BCUT2D eigenvalue weighted by Crippen LogP contribution is 2.14. The van der Waals surface area contributed by atoms with Gasteiger partial charge in [0, 0.05) is 38.3 Å². The molecule has 0 aliphatic carbocycles. The fourth-order valence-corrected chi connectivity index (χ4v) is 2.36. The Balaban J connectivity index is 1.87. The van der Waals surface area contributed by atoms with Crippen molar-refractivity contribution in [2.24, 2.45) is 0 Å². The Labute approximate surface area is 81.1 Å². The molecule has 0 radical (unpaired) electrons. The Hall–Kier alpha value is -0.120. The van der Waals surface area contributed by atoms with Crippen LogP contribution in [0.3, 0.4) is 0 Å². The van der Waals surface area contributed by atoms with Gasteiger partial charge in [0.2, 0.25) is 0 Å². The van der Waals surface area contributed by atoms with Crippen LogP contribution in [0.2, 0.25) is 0 Å². The van der Waals surface area contributed by atoms with Crippen LogP contribution in [0, 0.1) is 0 Å². The largest absolute Gasteiger partial charge is 0.315 e. The summed E-state index contributed by atoms with van der Waals surface area (Å²) in [7, 11) is 2.23. The van der Waals surface area contributed by atoms with Crippen LogP contribution >= 0.6 is 0 Å². The van der Waals surface area contributed by atoms with E-state index in [-0.39, 0.29) is 0 Å². The van der Waals surface area contributed by atoms with Gasteiger partial charge in [-0.3, -0.25) is 4.90 Å². The molecular weight excluding hydrogens is 162 g/mol. The third-order valence-electron chi connectivity index (χ3n) is 3.54. The third kappa shape index (κ3) is 2.03. The minimum atomic E-state index is 0.731. The van der Waals surface area contributed by atoms with Crippen molar-refractivity contribution < 1.29 is 0 Å². The summed E-state index contributed by atoms with van der Waals surface area (Å²) in [6.07, 6.45) is 1.34. The summed E-state index contributed by atoms with van der Waals surface area (Å²) in [4.78, 5) is 5.11. The zero-order chi connectivity index (χ0) is 9.26. The van der Waals surface area contributed by atoms with Gasteiger partial charge >= 0.3 is 0 Å². The molecule has 2 saturated heterocycles. The smallest absolute Gasteiger partial charge is 0.0233 e. The van der Waals surface area contributed by atoms with E-state index in [9.17, 15) is 0 Å². The lowest BCUT2D eigenvalue weighted by Crippen LogP contribution is -2.53. The molecule has 76 valence electrons. The average molecular weight is 183 g/mol. The van der Waals surface area contributed by atoms with E-state index in [0.29, 0.717) is 0 Å². The quantitative estimate of drug-likeness (QED) is 0.616. The molecule has 0 aromatic carbocycles. The summed E-state index contributed by atoms with van der Waals surface area (Å²) >= 11 is 0. The molecule has 2 rings (SSSR count). The summed E-state index contributed by atoms with van der Waals surface area (Å²) in [5.74, 6) is 0. The van der Waals surface area contributed by atoms with Crippen LogP contribution in [0.15, 0.2) is 0 Å². The van der Waals surface area contributed by atoms with E-state index in [0.717, 1.165) is 12.1 Å². The van der Waals surface area contributed by atoms with Crippen molar-refractivity contribution in [3.63, 3.8) is 0 Å². The second-order valence-electron chi connectivity index (χ2n) is 4.47. The average Bonchev–Trinajstić information content (AvgIpc) is 2.62. The number of nitrogens with zero attached hydrogens (tertiary/aromatic N) is 2. The monoisotopic (exact) mass is 183 g/mol. The van der Waals surface area contributed by atoms with E-state index in [4.69, 9.17) is 0 Å². The first kappa shape index (κ1) is 9.44. The number of hydrogen-bond acceptors (Lipinski definition) is 3. The van der Waals surface area contributed by atoms with E-state index >= 15 is 0 Å². The molecule has 0 bridgehead atoms. The second kappa shape index (κ2) is 3.95. The lowest BCUT2D eigenvalue weighted by atomic mass is 10.1. The lowest BCUT2D eigenvalue weighted by Gasteiger charge is -2.40. The van der Waals surface area contributed by atoms with Crippen molar-refractivity contribution >= 4 is 0 Å². The molecule has 2 aliphatic heterocycles. The zero-order valence-corrected chi connectivity index (χ0v) is 8.79. The van der Waals surface area contributed by atoms with Gasteiger partial charge in [0.1, 0.15) is 0 Å². The fourth-order valence-electron chi connectivity index (χ4n) is 2.36. The zero-order valence-electron chi connectivity index (χ0n) is 8.79. The van der Waals surface area contributed by atoms with Gasteiger partial charge in [-0.05, 0) is 26.9 Å². The summed E-state index contributed by atoms with van der Waals surface area (Å²) in [6, 6.07) is 1.55. The van der Waals surface area contributed by atoms with Gasteiger partial charge in [0.15, 0.2) is 0 Å². The van der Waals surface area contributed by atoms with E-state index in [1.165, 1.54) is 39.1 Å². The molecule has 0 aromatic rings. The SMILES string of the molecule is CC1CN([C@@H]2CCNC2)CCN1C. The number of piperazine rings is 1. The molecule has 0 spiro atoms. The number of rotatable bonds is 1. The Kier molecular flexibility index (Phi) is 2.86. The van der Waals surface area contributed by atoms with Gasteiger partial charge in [0.05, 0.1) is 0 Å². The number of hydrogen-bond donors (Lipinski definition) is 1. The van der Waals surface area contributed by atoms with Crippen molar-refractivity contribution in [3.8, 4) is 0 Å². The summed E-state index contributed by atoms with van der Waals surface area (Å²) < 4.78 is 0. The molecular formula is C10H21N3. The maximum atomic E-state index is 3.44. The van der Waals surface area contributed by atoms with Crippen molar-refractivity contribution in [1.82, 2.24) is 15.1 Å². The topological polar surface area (TPSA) is 18.5 Å². The molecule has 0 saturated carbocycles. The van der Waals surface area contributed by atoms with E-state index in [2.05, 4.69) is 29.1 Å². The molecule has 1 N–H and O–H groups in total. The van der Waals surface area contributed by atoms with Crippen molar-refractivity contribution in [3.05, 3.63) is 0 Å². The van der Waals surface area contributed by atoms with Gasteiger partial charge in [0.25, 0.3) is 0 Å². The molecule has 13 heavy (non-hydrogen) atoms. The van der Waals surface area contributed by atoms with Gasteiger partial charge in [-0.25, -0.2) is 0 Å². The highest BCUT2D eigenvalue weighted by molar-refractivity contribution is 4.86. The summed E-state index contributed by atoms with van der Waals surface area (Å²) in [6.45, 7) is 8.49. The molecule has 0 aromatic heterocycles. The Bertz CT molecular complexity index is 166. The summed E-state index contributed by atoms with van der Waals surface area (Å²) in [5.41, 5.74) is 0. The van der Waals surface area contributed by atoms with Crippen molar-refractivity contribution in [2.45, 2.75) is 25.4 Å². The van der Waals surface area contributed by atoms with E-state index < -0.39 is 0 Å². The van der Waals surface area contributed by atoms with Gasteiger partial charge < -0.3 is 10.2 Å². The third-order valence-corrected chi connectivity index (χ3v) is 3.54. The minimum absolute atomic E-state index is 0.731. The number of nitrogens with one attached hydrogen (secondary N) is 1. The van der Waals surface area contributed by atoms with E-state index in [1.807, 2.05) is 0 Å². The first-order valence-electron chi connectivity index (χ1n) is 5.42. The van der Waals surface area contributed by atoms with Crippen LogP contribution in [-0.4, -0.2) is 61.7 Å². The minimum Gasteiger partial charge on any atom is -0.315 e. The first-order chi connectivity index (χ1) is 6.27. The molecule has 2 aliphatic rings. The molecule has 2 heterocycles. The fraction of sp³-hybridized carbons (Fsp3) is 1.00. The first-order valence-corrected chi connectivity index (χ1v) is 5.42. The summed E-state index contributed by atoms with van der Waals surface area (Å²) in [5, 5.41) is 3.44. The predicted molar refractivity (Wildman–Crippen MR) is 54.9 cm³/mol. The van der Waals surface area contributed by atoms with Crippen LogP contribution in [0.4, 0.5) is 0 Å². The van der Waals surface area contributed by atoms with Crippen molar-refractivity contribution in [2.75, 3.05) is 39.8 Å². The predicted octanol–water partition coefficient (Wildman–Crippen LogP) is -0.0158. The lowest BCUT2D eigenvalue weighted by molar-refractivity contribution is 0.0779. The highest BCUT2D eigenvalue weighted by atomic mass is 15.3. The van der Waals surface area contributed by atoms with Crippen LogP contribution in [0.5, 0.6) is 0 Å². The molecule has 0 amide bonds. The standard InChI is InChI=1S/C10H21N3/c1-9-8-13(6-5-12(9)2)10-3-4-11-7-10/h9-11H,3-8H2,1-2H3/t9?,10-/m1/s1. The Morgan fingerprint density at radius 1 is 1.31 bits per heavy atom. The highest BCUT2D eigenvalue weighted by Gasteiger charge is 2.27. The Morgan fingerprint density at radius 2 is 2.15 bits per heavy atom.